The smallest absolute Gasteiger partial charge is 0.190 e. The van der Waals surface area contributed by atoms with E-state index in [0.717, 1.165) is 6.42 Å². The Balaban J connectivity index is 2.35. The largest absolute Gasteiger partial charge is 0.394 e. The predicted molar refractivity (Wildman–Crippen MR) is 122 cm³/mol. The van der Waals surface area contributed by atoms with Gasteiger partial charge in [0.25, 0.3) is 0 Å². The number of ether oxygens (including phenoxy) is 4. The summed E-state index contributed by atoms with van der Waals surface area (Å²) in [5.74, 6) is 0. The zero-order valence-corrected chi connectivity index (χ0v) is 22.4. The van der Waals surface area contributed by atoms with Crippen molar-refractivity contribution in [3.8, 4) is 0 Å². The molecule has 0 amide bonds. The van der Waals surface area contributed by atoms with Crippen molar-refractivity contribution in [2.45, 2.75) is 74.3 Å². The first kappa shape index (κ1) is 28.7. The van der Waals surface area contributed by atoms with Gasteiger partial charge in [0.15, 0.2) is 21.0 Å². The van der Waals surface area contributed by atoms with Gasteiger partial charge >= 0.3 is 0 Å². The minimum absolute atomic E-state index is 0.115. The number of aliphatic hydroxyl groups is 2. The SMILES string of the molecule is CCCOC1C(OC2OC(CO)C(O)C(P=O)C2OP)C(COP)OC(OP)C1OP. The normalized spacial score (nSPS) is 41.5. The highest BCUT2D eigenvalue weighted by molar-refractivity contribution is 7.25. The summed E-state index contributed by atoms with van der Waals surface area (Å²) in [6.07, 6.45) is -7.04. The van der Waals surface area contributed by atoms with E-state index in [1.807, 2.05) is 6.92 Å². The van der Waals surface area contributed by atoms with Gasteiger partial charge < -0.3 is 47.3 Å². The van der Waals surface area contributed by atoms with Crippen LogP contribution in [0.5, 0.6) is 0 Å². The van der Waals surface area contributed by atoms with Crippen molar-refractivity contribution < 1.29 is 51.8 Å². The lowest BCUT2D eigenvalue weighted by molar-refractivity contribution is -0.336. The maximum atomic E-state index is 11.7. The second-order valence-electron chi connectivity index (χ2n) is 6.96. The van der Waals surface area contributed by atoms with Crippen LogP contribution in [-0.4, -0.2) is 91.0 Å². The van der Waals surface area contributed by atoms with Gasteiger partial charge in [-0.1, -0.05) is 6.92 Å². The molecule has 16 heteroatoms. The molecular weight excluding hydrogens is 511 g/mol. The van der Waals surface area contributed by atoms with Gasteiger partial charge in [0.05, 0.1) is 25.0 Å². The van der Waals surface area contributed by atoms with Crippen molar-refractivity contribution in [2.75, 3.05) is 19.8 Å². The van der Waals surface area contributed by atoms with Crippen LogP contribution in [0.15, 0.2) is 0 Å². The standard InChI is InChI=1S/C15H31O11P5/c1-2-3-19-10-9(7(5-20-27)22-15(26-30)11(10)24-28)23-14-12(25-29)13(31-18)8(17)6(4-16)21-14/h6-17H,2-5,27-30H2,1H3. The van der Waals surface area contributed by atoms with Gasteiger partial charge in [-0.3, -0.25) is 4.57 Å². The summed E-state index contributed by atoms with van der Waals surface area (Å²) >= 11 is 0. The van der Waals surface area contributed by atoms with Crippen LogP contribution in [0.2, 0.25) is 0 Å². The lowest BCUT2D eigenvalue weighted by Crippen LogP contribution is -2.64. The molecule has 2 N–H and O–H groups in total. The van der Waals surface area contributed by atoms with Crippen molar-refractivity contribution in [3.05, 3.63) is 0 Å². The molecule has 11 nitrogen and oxygen atoms in total. The first-order valence-electron chi connectivity index (χ1n) is 9.58. The Morgan fingerprint density at radius 2 is 1.61 bits per heavy atom. The zero-order valence-electron chi connectivity index (χ0n) is 16.9. The van der Waals surface area contributed by atoms with Crippen molar-refractivity contribution >= 4 is 46.3 Å². The minimum Gasteiger partial charge on any atom is -0.394 e. The van der Waals surface area contributed by atoms with Crippen LogP contribution >= 0.6 is 46.3 Å². The summed E-state index contributed by atoms with van der Waals surface area (Å²) in [5, 5.41) is 20.0. The second kappa shape index (κ2) is 14.7. The number of hydrogen-bond donors (Lipinski definition) is 2. The molecule has 2 fully saturated rings. The Labute approximate surface area is 192 Å². The van der Waals surface area contributed by atoms with Crippen LogP contribution in [0.3, 0.4) is 0 Å². The molecule has 14 atom stereocenters. The lowest BCUT2D eigenvalue weighted by atomic mass is 9.97. The molecule has 2 aliphatic heterocycles. The average molecular weight is 542 g/mol. The van der Waals surface area contributed by atoms with Crippen molar-refractivity contribution in [1.29, 1.82) is 0 Å². The molecule has 0 bridgehead atoms. The van der Waals surface area contributed by atoms with Gasteiger partial charge in [0.1, 0.15) is 36.6 Å². The third kappa shape index (κ3) is 6.98. The number of hydrogen-bond acceptors (Lipinski definition) is 11. The summed E-state index contributed by atoms with van der Waals surface area (Å²) < 4.78 is 57.1. The molecule has 0 aromatic carbocycles. The van der Waals surface area contributed by atoms with Gasteiger partial charge in [-0.2, -0.15) is 0 Å². The van der Waals surface area contributed by atoms with Crippen LogP contribution in [-0.2, 0) is 41.6 Å². The minimum atomic E-state index is -1.21. The fraction of sp³-hybridized carbons (Fsp3) is 1.00. The molecule has 14 unspecified atom stereocenters. The van der Waals surface area contributed by atoms with Gasteiger partial charge in [0.2, 0.25) is 0 Å². The second-order valence-corrected chi connectivity index (χ2v) is 8.92. The van der Waals surface area contributed by atoms with Crippen LogP contribution in [0.4, 0.5) is 0 Å². The highest BCUT2D eigenvalue weighted by Gasteiger charge is 2.53. The van der Waals surface area contributed by atoms with Gasteiger partial charge in [-0.25, -0.2) is 0 Å². The maximum absolute atomic E-state index is 11.7. The molecule has 0 aromatic rings. The highest BCUT2D eigenvalue weighted by Crippen LogP contribution is 2.37. The molecule has 0 aromatic heterocycles. The molecular formula is C15H31O11P5. The van der Waals surface area contributed by atoms with E-state index in [1.54, 1.807) is 0 Å². The van der Waals surface area contributed by atoms with Gasteiger partial charge in [0, 0.05) is 44.5 Å². The van der Waals surface area contributed by atoms with Gasteiger partial charge in [-0.05, 0) is 6.42 Å². The van der Waals surface area contributed by atoms with Crippen molar-refractivity contribution in [3.63, 3.8) is 0 Å². The van der Waals surface area contributed by atoms with E-state index in [9.17, 15) is 14.8 Å². The Morgan fingerprint density at radius 3 is 2.13 bits per heavy atom. The van der Waals surface area contributed by atoms with E-state index in [1.165, 1.54) is 0 Å². The van der Waals surface area contributed by atoms with E-state index in [2.05, 4.69) is 37.9 Å². The van der Waals surface area contributed by atoms with E-state index >= 15 is 0 Å². The zero-order chi connectivity index (χ0) is 23.0. The maximum Gasteiger partial charge on any atom is 0.190 e. The third-order valence-electron chi connectivity index (χ3n) is 5.05. The van der Waals surface area contributed by atoms with Crippen LogP contribution in [0, 0.1) is 0 Å². The molecule has 2 rings (SSSR count). The topological polar surface area (TPSA) is 131 Å². The van der Waals surface area contributed by atoms with Crippen LogP contribution < -0.4 is 0 Å². The summed E-state index contributed by atoms with van der Waals surface area (Å²) in [4.78, 5) is 0. The van der Waals surface area contributed by atoms with E-state index in [0.29, 0.717) is 6.61 Å². The van der Waals surface area contributed by atoms with E-state index < -0.39 is 67.6 Å². The third-order valence-corrected chi connectivity index (χ3v) is 6.98. The molecule has 2 heterocycles. The molecule has 2 saturated heterocycles. The fourth-order valence-electron chi connectivity index (χ4n) is 3.56. The molecule has 0 aliphatic carbocycles. The summed E-state index contributed by atoms with van der Waals surface area (Å²) in [5.41, 5.74) is -0.888. The highest BCUT2D eigenvalue weighted by atomic mass is 31.1. The lowest BCUT2D eigenvalue weighted by Gasteiger charge is -2.48. The number of aliphatic hydroxyl groups excluding tert-OH is 2. The monoisotopic (exact) mass is 542 g/mol. The number of rotatable bonds is 12. The fourth-order valence-corrected chi connectivity index (χ4v) is 5.33. The molecule has 31 heavy (non-hydrogen) atoms. The molecule has 0 saturated carbocycles. The molecule has 0 spiro atoms. The quantitative estimate of drug-likeness (QED) is 0.336. The Bertz CT molecular complexity index is 538. The summed E-state index contributed by atoms with van der Waals surface area (Å²) in [6, 6.07) is 0. The van der Waals surface area contributed by atoms with E-state index in [4.69, 9.17) is 37.0 Å². The summed E-state index contributed by atoms with van der Waals surface area (Å²) in [7, 11) is 8.15. The van der Waals surface area contributed by atoms with Crippen LogP contribution in [0.25, 0.3) is 0 Å². The van der Waals surface area contributed by atoms with Crippen molar-refractivity contribution in [1.82, 2.24) is 0 Å². The average Bonchev–Trinajstić information content (AvgIpc) is 2.78. The Kier molecular flexibility index (Phi) is 13.6. The van der Waals surface area contributed by atoms with Crippen LogP contribution in [0.1, 0.15) is 13.3 Å². The first-order valence-corrected chi connectivity index (χ1v) is 12.3. The van der Waals surface area contributed by atoms with E-state index in [-0.39, 0.29) is 15.1 Å². The Morgan fingerprint density at radius 1 is 0.935 bits per heavy atom. The summed E-state index contributed by atoms with van der Waals surface area (Å²) in [6.45, 7) is 2.00. The predicted octanol–water partition coefficient (Wildman–Crippen LogP) is 0.594. The molecule has 2 aliphatic rings. The first-order chi connectivity index (χ1) is 15.0. The molecule has 182 valence electrons. The van der Waals surface area contributed by atoms with Crippen molar-refractivity contribution in [2.24, 2.45) is 0 Å². The Hall–Kier alpha value is 1.42. The van der Waals surface area contributed by atoms with Gasteiger partial charge in [-0.15, -0.1) is 0 Å². The molecule has 0 radical (unpaired) electrons.